The lowest BCUT2D eigenvalue weighted by molar-refractivity contribution is -0.0503. The number of benzene rings is 2. The maximum atomic E-state index is 13.3. The van der Waals surface area contributed by atoms with E-state index in [9.17, 15) is 27.2 Å². The third-order valence-corrected chi connectivity index (χ3v) is 9.64. The molecule has 2 fully saturated rings. The Morgan fingerprint density at radius 1 is 0.593 bits per heavy atom. The van der Waals surface area contributed by atoms with Crippen molar-refractivity contribution in [1.82, 2.24) is 28.9 Å². The van der Waals surface area contributed by atoms with Gasteiger partial charge in [0.25, 0.3) is 23.7 Å². The van der Waals surface area contributed by atoms with Gasteiger partial charge in [-0.1, -0.05) is 6.07 Å². The summed E-state index contributed by atoms with van der Waals surface area (Å²) in [5, 5.41) is 19.5. The molecular weight excluding hydrogens is 700 g/mol. The lowest BCUT2D eigenvalue weighted by atomic mass is 10.1. The van der Waals surface area contributed by atoms with E-state index in [2.05, 4.69) is 22.1 Å². The summed E-state index contributed by atoms with van der Waals surface area (Å²) in [6, 6.07) is 25.6. The SMILES string of the molecule is N#Cc1ccc(-n2ccc3cc(C(=O)N4CCC(F)(F)CC4)cnc32)cc1.N#Cc1cccc(-n2ccc3cc(C(=O)N4CCC(F)(F)CC4)cnc32)c1. The van der Waals surface area contributed by atoms with Gasteiger partial charge in [0.05, 0.1) is 34.4 Å². The predicted octanol–water partition coefficient (Wildman–Crippen LogP) is 7.54. The first kappa shape index (κ1) is 35.8. The highest BCUT2D eigenvalue weighted by Gasteiger charge is 2.37. The summed E-state index contributed by atoms with van der Waals surface area (Å²) in [7, 11) is 0. The molecule has 6 heterocycles. The zero-order valence-electron chi connectivity index (χ0n) is 28.8. The van der Waals surface area contributed by atoms with E-state index in [-0.39, 0.29) is 63.7 Å². The average Bonchev–Trinajstić information content (AvgIpc) is 3.82. The second-order valence-electron chi connectivity index (χ2n) is 13.3. The molecule has 54 heavy (non-hydrogen) atoms. The van der Waals surface area contributed by atoms with Gasteiger partial charge < -0.3 is 18.9 Å². The number of alkyl halides is 4. The highest BCUT2D eigenvalue weighted by molar-refractivity contribution is 5.98. The Hall–Kier alpha value is -6.54. The molecule has 2 amide bonds. The zero-order valence-corrected chi connectivity index (χ0v) is 28.8. The van der Waals surface area contributed by atoms with Crippen LogP contribution in [0.1, 0.15) is 57.5 Å². The number of hydrogen-bond acceptors (Lipinski definition) is 6. The van der Waals surface area contributed by atoms with Gasteiger partial charge in [0, 0.05) is 98.8 Å². The van der Waals surface area contributed by atoms with Gasteiger partial charge in [-0.25, -0.2) is 27.5 Å². The van der Waals surface area contributed by atoms with E-state index in [4.69, 9.17) is 10.5 Å². The van der Waals surface area contributed by atoms with Crippen molar-refractivity contribution in [3.05, 3.63) is 120 Å². The Morgan fingerprint density at radius 3 is 1.52 bits per heavy atom. The molecule has 2 saturated heterocycles. The second-order valence-corrected chi connectivity index (χ2v) is 13.3. The van der Waals surface area contributed by atoms with E-state index in [1.54, 1.807) is 42.5 Å². The monoisotopic (exact) mass is 732 g/mol. The van der Waals surface area contributed by atoms with Crippen LogP contribution >= 0.6 is 0 Å². The van der Waals surface area contributed by atoms with Crippen LogP contribution in [-0.4, -0.2) is 78.7 Å². The summed E-state index contributed by atoms with van der Waals surface area (Å²) in [5.41, 5.74) is 4.89. The molecular formula is C40H32F4N8O2. The number of fused-ring (bicyclic) bond motifs is 2. The topological polar surface area (TPSA) is 124 Å². The van der Waals surface area contributed by atoms with E-state index in [0.29, 0.717) is 33.5 Å². The quantitative estimate of drug-likeness (QED) is 0.173. The first-order chi connectivity index (χ1) is 25.9. The summed E-state index contributed by atoms with van der Waals surface area (Å²) >= 11 is 0. The lowest BCUT2D eigenvalue weighted by Gasteiger charge is -2.31. The number of halogens is 4. The average molecular weight is 733 g/mol. The van der Waals surface area contributed by atoms with Gasteiger partial charge in [-0.15, -0.1) is 0 Å². The van der Waals surface area contributed by atoms with Gasteiger partial charge in [-0.3, -0.25) is 9.59 Å². The number of aromatic nitrogens is 4. The minimum atomic E-state index is -2.69. The molecule has 14 heteroatoms. The second kappa shape index (κ2) is 14.5. The Balaban J connectivity index is 0.000000167. The van der Waals surface area contributed by atoms with Crippen LogP contribution in [0.5, 0.6) is 0 Å². The fraction of sp³-hybridized carbons (Fsp3) is 0.250. The third kappa shape index (κ3) is 7.50. The smallest absolute Gasteiger partial charge is 0.255 e. The highest BCUT2D eigenvalue weighted by atomic mass is 19.3. The van der Waals surface area contributed by atoms with Crippen molar-refractivity contribution in [2.75, 3.05) is 26.2 Å². The molecule has 2 aliphatic heterocycles. The molecule has 10 nitrogen and oxygen atoms in total. The van der Waals surface area contributed by atoms with Crippen LogP contribution in [0.15, 0.2) is 97.6 Å². The molecule has 2 aliphatic rings. The molecule has 0 N–H and O–H groups in total. The molecule has 0 bridgehead atoms. The molecule has 6 aromatic rings. The van der Waals surface area contributed by atoms with Crippen LogP contribution in [0, 0.1) is 22.7 Å². The van der Waals surface area contributed by atoms with E-state index in [1.165, 1.54) is 22.2 Å². The van der Waals surface area contributed by atoms with Crippen molar-refractivity contribution in [2.24, 2.45) is 0 Å². The normalized spacial score (nSPS) is 16.3. The first-order valence-electron chi connectivity index (χ1n) is 17.2. The molecule has 8 rings (SSSR count). The molecule has 0 atom stereocenters. The van der Waals surface area contributed by atoms with Crippen LogP contribution in [0.4, 0.5) is 17.6 Å². The molecule has 0 radical (unpaired) electrons. The Morgan fingerprint density at radius 2 is 1.06 bits per heavy atom. The molecule has 0 aliphatic carbocycles. The van der Waals surface area contributed by atoms with Gasteiger partial charge >= 0.3 is 0 Å². The van der Waals surface area contributed by atoms with Crippen molar-refractivity contribution in [2.45, 2.75) is 37.5 Å². The van der Waals surface area contributed by atoms with E-state index in [1.807, 2.05) is 51.9 Å². The van der Waals surface area contributed by atoms with Gasteiger partial charge in [0.1, 0.15) is 11.3 Å². The molecule has 0 spiro atoms. The van der Waals surface area contributed by atoms with Gasteiger partial charge in [-0.2, -0.15) is 10.5 Å². The van der Waals surface area contributed by atoms with Crippen molar-refractivity contribution in [1.29, 1.82) is 10.5 Å². The number of hydrogen-bond donors (Lipinski definition) is 0. The molecule has 272 valence electrons. The van der Waals surface area contributed by atoms with Crippen LogP contribution in [0.2, 0.25) is 0 Å². The number of carbonyl (C=O) groups is 2. The number of pyridine rings is 2. The number of carbonyl (C=O) groups excluding carboxylic acids is 2. The van der Waals surface area contributed by atoms with Gasteiger partial charge in [0.2, 0.25) is 0 Å². The van der Waals surface area contributed by atoms with Crippen LogP contribution in [-0.2, 0) is 0 Å². The van der Waals surface area contributed by atoms with Crippen LogP contribution in [0.25, 0.3) is 33.4 Å². The minimum Gasteiger partial charge on any atom is -0.338 e. The number of rotatable bonds is 4. The summed E-state index contributed by atoms with van der Waals surface area (Å²) in [4.78, 5) is 36.9. The Labute approximate surface area is 307 Å². The van der Waals surface area contributed by atoms with Gasteiger partial charge in [-0.05, 0) is 66.7 Å². The number of nitriles is 2. The zero-order chi connectivity index (χ0) is 38.0. The largest absolute Gasteiger partial charge is 0.338 e. The first-order valence-corrected chi connectivity index (χ1v) is 17.2. The van der Waals surface area contributed by atoms with Crippen molar-refractivity contribution in [3.63, 3.8) is 0 Å². The number of likely N-dealkylation sites (tertiary alicyclic amines) is 2. The van der Waals surface area contributed by atoms with E-state index >= 15 is 0 Å². The van der Waals surface area contributed by atoms with Crippen molar-refractivity contribution in [3.8, 4) is 23.5 Å². The summed E-state index contributed by atoms with van der Waals surface area (Å²) in [6.07, 6.45) is 5.41. The number of amides is 2. The fourth-order valence-electron chi connectivity index (χ4n) is 6.56. The Bertz CT molecular complexity index is 2440. The molecule has 0 unspecified atom stereocenters. The fourth-order valence-corrected chi connectivity index (χ4v) is 6.56. The summed E-state index contributed by atoms with van der Waals surface area (Å²) < 4.78 is 56.9. The maximum Gasteiger partial charge on any atom is 0.255 e. The molecule has 2 aromatic carbocycles. The predicted molar refractivity (Wildman–Crippen MR) is 192 cm³/mol. The summed E-state index contributed by atoms with van der Waals surface area (Å²) in [5.74, 6) is -5.92. The minimum absolute atomic E-state index is 0.0475. The van der Waals surface area contributed by atoms with Crippen molar-refractivity contribution < 1.29 is 27.2 Å². The van der Waals surface area contributed by atoms with Crippen LogP contribution in [0.3, 0.4) is 0 Å². The van der Waals surface area contributed by atoms with Crippen molar-refractivity contribution >= 4 is 33.9 Å². The molecule has 4 aromatic heterocycles. The van der Waals surface area contributed by atoms with E-state index in [0.717, 1.165) is 22.1 Å². The molecule has 0 saturated carbocycles. The number of nitrogens with zero attached hydrogens (tertiary/aromatic N) is 8. The number of piperidine rings is 2. The highest BCUT2D eigenvalue weighted by Crippen LogP contribution is 2.30. The van der Waals surface area contributed by atoms with E-state index < -0.39 is 11.8 Å². The third-order valence-electron chi connectivity index (χ3n) is 9.64. The van der Waals surface area contributed by atoms with Gasteiger partial charge in [0.15, 0.2) is 0 Å². The summed E-state index contributed by atoms with van der Waals surface area (Å²) in [6.45, 7) is 0.198. The standard InChI is InChI=1S/2C20H16F2N4O/c21-20(22)6-9-25(10-7-20)19(27)16-11-15-5-8-26(18(15)24-13-16)17-3-1-14(12-23)2-4-17;21-20(22)5-8-25(9-6-20)19(27)16-11-15-4-7-26(18(15)24-13-16)17-3-1-2-14(10-17)12-23/h1-5,8,11,13H,6-7,9-10H2;1-4,7,10-11,13H,5-6,8-9H2. The maximum absolute atomic E-state index is 13.3. The lowest BCUT2D eigenvalue weighted by Crippen LogP contribution is -2.42. The Kier molecular flexibility index (Phi) is 9.60. The van der Waals surface area contributed by atoms with Crippen LogP contribution < -0.4 is 0 Å².